The quantitative estimate of drug-likeness (QED) is 0.596. The lowest BCUT2D eigenvalue weighted by Gasteiger charge is -2.16. The van der Waals surface area contributed by atoms with Gasteiger partial charge in [0.2, 0.25) is 11.1 Å². The number of carbonyl (C=O) groups excluding carboxylic acids is 1. The molecule has 3 rings (SSSR count). The van der Waals surface area contributed by atoms with Crippen LogP contribution in [0.5, 0.6) is 5.75 Å². The Morgan fingerprint density at radius 1 is 1.15 bits per heavy atom. The number of benzene rings is 2. The van der Waals surface area contributed by atoms with Crippen molar-refractivity contribution in [3.05, 3.63) is 60.2 Å². The first-order chi connectivity index (χ1) is 12.7. The van der Waals surface area contributed by atoms with Crippen LogP contribution in [0, 0.1) is 0 Å². The number of ether oxygens (including phenoxy) is 1. The Balaban J connectivity index is 1.60. The molecule has 0 N–H and O–H groups in total. The zero-order valence-electron chi connectivity index (χ0n) is 14.6. The van der Waals surface area contributed by atoms with Crippen molar-refractivity contribution in [1.29, 1.82) is 0 Å². The average Bonchev–Trinajstić information content (AvgIpc) is 3.13. The van der Waals surface area contributed by atoms with Gasteiger partial charge in [-0.3, -0.25) is 4.79 Å². The van der Waals surface area contributed by atoms with Crippen molar-refractivity contribution in [2.45, 2.75) is 11.7 Å². The lowest BCUT2D eigenvalue weighted by Crippen LogP contribution is -2.28. The van der Waals surface area contributed by atoms with E-state index in [4.69, 9.17) is 4.74 Å². The van der Waals surface area contributed by atoms with Crippen LogP contribution in [0.3, 0.4) is 0 Å². The molecule has 7 nitrogen and oxygen atoms in total. The van der Waals surface area contributed by atoms with E-state index in [1.807, 2.05) is 54.6 Å². The van der Waals surface area contributed by atoms with Gasteiger partial charge in [0.1, 0.15) is 5.75 Å². The third-order valence-corrected chi connectivity index (χ3v) is 4.77. The molecule has 26 heavy (non-hydrogen) atoms. The molecular weight excluding hydrogens is 350 g/mol. The number of hydrogen-bond acceptors (Lipinski definition) is 6. The molecule has 0 spiro atoms. The molecule has 1 amide bonds. The highest BCUT2D eigenvalue weighted by Gasteiger charge is 2.14. The first-order valence-electron chi connectivity index (χ1n) is 8.01. The van der Waals surface area contributed by atoms with E-state index in [1.165, 1.54) is 11.8 Å². The highest BCUT2D eigenvalue weighted by atomic mass is 32.2. The summed E-state index contributed by atoms with van der Waals surface area (Å²) < 4.78 is 6.84. The molecule has 0 saturated heterocycles. The molecule has 1 heterocycles. The summed E-state index contributed by atoms with van der Waals surface area (Å²) in [7, 11) is 3.40. The third kappa shape index (κ3) is 4.40. The first-order valence-corrected chi connectivity index (χ1v) is 8.99. The maximum Gasteiger partial charge on any atom is 0.237 e. The zero-order chi connectivity index (χ0) is 18.4. The molecule has 0 radical (unpaired) electrons. The minimum absolute atomic E-state index is 0.0137. The largest absolute Gasteiger partial charge is 0.497 e. The number of thioether (sulfide) groups is 1. The van der Waals surface area contributed by atoms with Crippen molar-refractivity contribution in [2.24, 2.45) is 0 Å². The van der Waals surface area contributed by atoms with Crippen LogP contribution in [0.4, 0.5) is 5.69 Å². The van der Waals surface area contributed by atoms with Gasteiger partial charge in [0, 0.05) is 12.7 Å². The molecule has 0 saturated carbocycles. The van der Waals surface area contributed by atoms with Gasteiger partial charge in [-0.05, 0) is 40.3 Å². The van der Waals surface area contributed by atoms with E-state index in [-0.39, 0.29) is 11.7 Å². The summed E-state index contributed by atoms with van der Waals surface area (Å²) in [6.07, 6.45) is 0. The van der Waals surface area contributed by atoms with Crippen LogP contribution < -0.4 is 9.64 Å². The highest BCUT2D eigenvalue weighted by Crippen LogP contribution is 2.19. The van der Waals surface area contributed by atoms with Gasteiger partial charge in [0.05, 0.1) is 19.4 Å². The van der Waals surface area contributed by atoms with E-state index in [9.17, 15) is 4.79 Å². The van der Waals surface area contributed by atoms with Gasteiger partial charge in [-0.1, -0.05) is 42.1 Å². The third-order valence-electron chi connectivity index (χ3n) is 3.83. The van der Waals surface area contributed by atoms with E-state index in [0.29, 0.717) is 11.7 Å². The smallest absolute Gasteiger partial charge is 0.237 e. The number of amides is 1. The normalized spacial score (nSPS) is 10.5. The highest BCUT2D eigenvalue weighted by molar-refractivity contribution is 7.99. The second-order valence-corrected chi connectivity index (χ2v) is 6.49. The van der Waals surface area contributed by atoms with Gasteiger partial charge in [-0.15, -0.1) is 5.10 Å². The summed E-state index contributed by atoms with van der Waals surface area (Å²) in [4.78, 5) is 14.0. The fraction of sp³-hybridized carbons (Fsp3) is 0.222. The Hall–Kier alpha value is -2.87. The summed E-state index contributed by atoms with van der Waals surface area (Å²) in [5.74, 6) is 1.05. The standard InChI is InChI=1S/C18H19N5O2S/c1-22(15-6-4-3-5-7-15)17(24)13-26-18-19-20-21-23(18)12-14-8-10-16(25-2)11-9-14/h3-11H,12-13H2,1-2H3. The van der Waals surface area contributed by atoms with Crippen molar-refractivity contribution in [1.82, 2.24) is 20.2 Å². The number of methoxy groups -OCH3 is 1. The van der Waals surface area contributed by atoms with Crippen molar-refractivity contribution in [3.63, 3.8) is 0 Å². The zero-order valence-corrected chi connectivity index (χ0v) is 15.4. The van der Waals surface area contributed by atoms with Crippen LogP contribution in [0.15, 0.2) is 59.8 Å². The molecule has 2 aromatic carbocycles. The van der Waals surface area contributed by atoms with Gasteiger partial charge >= 0.3 is 0 Å². The predicted octanol–water partition coefficient (Wildman–Crippen LogP) is 2.49. The lowest BCUT2D eigenvalue weighted by atomic mass is 10.2. The van der Waals surface area contributed by atoms with Crippen molar-refractivity contribution < 1.29 is 9.53 Å². The first kappa shape index (κ1) is 17.9. The Morgan fingerprint density at radius 3 is 2.58 bits per heavy atom. The van der Waals surface area contributed by atoms with Gasteiger partial charge < -0.3 is 9.64 Å². The maximum absolute atomic E-state index is 12.4. The fourth-order valence-corrected chi connectivity index (χ4v) is 3.11. The monoisotopic (exact) mass is 369 g/mol. The minimum Gasteiger partial charge on any atom is -0.497 e. The average molecular weight is 369 g/mol. The Kier molecular flexibility index (Phi) is 5.85. The molecular formula is C18H19N5O2S. The second kappa shape index (κ2) is 8.48. The summed E-state index contributed by atoms with van der Waals surface area (Å²) in [5, 5.41) is 12.4. The maximum atomic E-state index is 12.4. The van der Waals surface area contributed by atoms with Crippen molar-refractivity contribution in [3.8, 4) is 5.75 Å². The molecule has 134 valence electrons. The molecule has 3 aromatic rings. The fourth-order valence-electron chi connectivity index (χ4n) is 2.32. The molecule has 0 atom stereocenters. The number of aromatic nitrogens is 4. The van der Waals surface area contributed by atoms with E-state index >= 15 is 0 Å². The van der Waals surface area contributed by atoms with Gasteiger partial charge in [0.25, 0.3) is 0 Å². The molecule has 0 unspecified atom stereocenters. The molecule has 0 aliphatic rings. The van der Waals surface area contributed by atoms with Crippen LogP contribution in [-0.4, -0.2) is 46.0 Å². The van der Waals surface area contributed by atoms with Gasteiger partial charge in [0.15, 0.2) is 0 Å². The van der Waals surface area contributed by atoms with Crippen LogP contribution >= 0.6 is 11.8 Å². The summed E-state index contributed by atoms with van der Waals surface area (Å²) in [6, 6.07) is 17.2. The van der Waals surface area contributed by atoms with Crippen LogP contribution in [0.2, 0.25) is 0 Å². The Bertz CT molecular complexity index is 852. The molecule has 0 bridgehead atoms. The SMILES string of the molecule is COc1ccc(Cn2nnnc2SCC(=O)N(C)c2ccccc2)cc1. The number of para-hydroxylation sites is 1. The van der Waals surface area contributed by atoms with E-state index in [2.05, 4.69) is 15.5 Å². The number of rotatable bonds is 7. The summed E-state index contributed by atoms with van der Waals surface area (Å²) in [5.41, 5.74) is 1.91. The summed E-state index contributed by atoms with van der Waals surface area (Å²) >= 11 is 1.32. The minimum atomic E-state index is -0.0137. The van der Waals surface area contributed by atoms with E-state index in [1.54, 1.807) is 23.7 Å². The summed E-state index contributed by atoms with van der Waals surface area (Å²) in [6.45, 7) is 0.530. The van der Waals surface area contributed by atoms with Crippen LogP contribution in [0.1, 0.15) is 5.56 Å². The predicted molar refractivity (Wildman–Crippen MR) is 100 cm³/mol. The lowest BCUT2D eigenvalue weighted by molar-refractivity contribution is -0.115. The van der Waals surface area contributed by atoms with Gasteiger partial charge in [-0.25, -0.2) is 4.68 Å². The molecule has 8 heteroatoms. The number of tetrazole rings is 1. The van der Waals surface area contributed by atoms with E-state index in [0.717, 1.165) is 17.0 Å². The van der Waals surface area contributed by atoms with Gasteiger partial charge in [-0.2, -0.15) is 0 Å². The van der Waals surface area contributed by atoms with Crippen LogP contribution in [-0.2, 0) is 11.3 Å². The topological polar surface area (TPSA) is 73.1 Å². The number of anilines is 1. The number of hydrogen-bond donors (Lipinski definition) is 0. The van der Waals surface area contributed by atoms with Crippen LogP contribution in [0.25, 0.3) is 0 Å². The number of carbonyl (C=O) groups is 1. The Labute approximate surface area is 156 Å². The molecule has 0 aliphatic heterocycles. The second-order valence-electron chi connectivity index (χ2n) is 5.54. The molecule has 0 fully saturated rings. The van der Waals surface area contributed by atoms with Crippen molar-refractivity contribution >= 4 is 23.4 Å². The molecule has 0 aliphatic carbocycles. The van der Waals surface area contributed by atoms with E-state index < -0.39 is 0 Å². The number of nitrogens with zero attached hydrogens (tertiary/aromatic N) is 5. The molecule has 1 aromatic heterocycles. The van der Waals surface area contributed by atoms with Crippen molar-refractivity contribution in [2.75, 3.05) is 24.8 Å². The Morgan fingerprint density at radius 2 is 1.88 bits per heavy atom.